The summed E-state index contributed by atoms with van der Waals surface area (Å²) in [6.07, 6.45) is 0. The fraction of sp³-hybridized carbons (Fsp3) is 0.0789. The molecule has 6 aromatic carbocycles. The van der Waals surface area contributed by atoms with Gasteiger partial charge >= 0.3 is 0 Å². The predicted molar refractivity (Wildman–Crippen MR) is 170 cm³/mol. The third kappa shape index (κ3) is 3.01. The van der Waals surface area contributed by atoms with Crippen molar-refractivity contribution in [1.82, 2.24) is 14.1 Å². The molecule has 0 unspecified atom stereocenters. The fourth-order valence-corrected chi connectivity index (χ4v) is 7.12. The van der Waals surface area contributed by atoms with Gasteiger partial charge in [0.05, 0.1) is 22.1 Å². The van der Waals surface area contributed by atoms with Gasteiger partial charge in [0, 0.05) is 21.9 Å². The Morgan fingerprint density at radius 2 is 1.22 bits per heavy atom. The molecule has 0 aliphatic heterocycles. The van der Waals surface area contributed by atoms with Crippen molar-refractivity contribution in [2.45, 2.75) is 19.3 Å². The van der Waals surface area contributed by atoms with Gasteiger partial charge in [0.2, 0.25) is 5.95 Å². The van der Waals surface area contributed by atoms with Crippen molar-refractivity contribution < 1.29 is 0 Å². The van der Waals surface area contributed by atoms with E-state index < -0.39 is 0 Å². The highest BCUT2D eigenvalue weighted by Gasteiger charge is 2.35. The summed E-state index contributed by atoms with van der Waals surface area (Å²) in [6, 6.07) is 46.1. The lowest BCUT2D eigenvalue weighted by molar-refractivity contribution is 0.661. The zero-order valence-electron chi connectivity index (χ0n) is 23.0. The highest BCUT2D eigenvalue weighted by molar-refractivity contribution is 6.14. The third-order valence-corrected chi connectivity index (χ3v) is 9.09. The fourth-order valence-electron chi connectivity index (χ4n) is 7.12. The van der Waals surface area contributed by atoms with E-state index in [9.17, 15) is 0 Å². The zero-order chi connectivity index (χ0) is 27.3. The molecule has 8 aromatic rings. The first kappa shape index (κ1) is 22.6. The molecule has 0 saturated carbocycles. The van der Waals surface area contributed by atoms with E-state index >= 15 is 0 Å². The molecular weight excluding hydrogens is 498 g/mol. The lowest BCUT2D eigenvalue weighted by Crippen LogP contribution is -2.14. The molecule has 41 heavy (non-hydrogen) atoms. The van der Waals surface area contributed by atoms with Gasteiger partial charge < -0.3 is 0 Å². The summed E-state index contributed by atoms with van der Waals surface area (Å²) in [6.45, 7) is 4.70. The van der Waals surface area contributed by atoms with E-state index in [0.717, 1.165) is 33.7 Å². The number of rotatable bonds is 2. The highest BCUT2D eigenvalue weighted by atomic mass is 15.2. The van der Waals surface area contributed by atoms with E-state index in [1.54, 1.807) is 0 Å². The zero-order valence-corrected chi connectivity index (χ0v) is 23.0. The second kappa shape index (κ2) is 7.96. The van der Waals surface area contributed by atoms with Gasteiger partial charge in [0.1, 0.15) is 0 Å². The molecule has 0 amide bonds. The van der Waals surface area contributed by atoms with Gasteiger partial charge in [-0.3, -0.25) is 9.13 Å². The van der Waals surface area contributed by atoms with Crippen molar-refractivity contribution in [3.05, 3.63) is 139 Å². The van der Waals surface area contributed by atoms with Crippen LogP contribution in [0.5, 0.6) is 0 Å². The molecule has 0 atom stereocenters. The maximum atomic E-state index is 5.24. The van der Waals surface area contributed by atoms with Crippen molar-refractivity contribution >= 4 is 43.6 Å². The van der Waals surface area contributed by atoms with E-state index in [0.29, 0.717) is 0 Å². The monoisotopic (exact) mass is 525 g/mol. The molecule has 194 valence electrons. The number of fused-ring (bicyclic) bond motifs is 8. The lowest BCUT2D eigenvalue weighted by Gasteiger charge is -2.21. The summed E-state index contributed by atoms with van der Waals surface area (Å²) >= 11 is 0. The van der Waals surface area contributed by atoms with Crippen molar-refractivity contribution in [3.63, 3.8) is 0 Å². The first-order valence-electron chi connectivity index (χ1n) is 14.2. The normalized spacial score (nSPS) is 13.8. The van der Waals surface area contributed by atoms with E-state index in [1.165, 1.54) is 43.8 Å². The van der Waals surface area contributed by atoms with Gasteiger partial charge in [0.25, 0.3) is 0 Å². The molecule has 2 heterocycles. The summed E-state index contributed by atoms with van der Waals surface area (Å²) < 4.78 is 4.63. The molecule has 0 saturated heterocycles. The molecular formula is C38H27N3. The van der Waals surface area contributed by atoms with Crippen LogP contribution >= 0.6 is 0 Å². The van der Waals surface area contributed by atoms with Crippen LogP contribution in [0.4, 0.5) is 0 Å². The van der Waals surface area contributed by atoms with Gasteiger partial charge in [0.15, 0.2) is 0 Å². The molecule has 0 fully saturated rings. The summed E-state index contributed by atoms with van der Waals surface area (Å²) in [5, 5.41) is 5.00. The maximum Gasteiger partial charge on any atom is 0.220 e. The smallest absolute Gasteiger partial charge is 0.220 e. The summed E-state index contributed by atoms with van der Waals surface area (Å²) in [5.74, 6) is 0.899. The van der Waals surface area contributed by atoms with E-state index in [1.807, 2.05) is 0 Å². The molecule has 9 rings (SSSR count). The number of benzene rings is 6. The SMILES string of the molecule is CC1(C)c2ccccc2-c2cc3cc4c(cc3cc21)c1ccccc1n4-c1nc2ccccc2n1-c1ccccc1. The Hall–Kier alpha value is -5.15. The van der Waals surface area contributed by atoms with Crippen molar-refractivity contribution in [2.24, 2.45) is 0 Å². The largest absolute Gasteiger partial charge is 0.279 e. The minimum Gasteiger partial charge on any atom is -0.279 e. The van der Waals surface area contributed by atoms with Crippen LogP contribution in [0.2, 0.25) is 0 Å². The summed E-state index contributed by atoms with van der Waals surface area (Å²) in [5.41, 5.74) is 11.0. The highest BCUT2D eigenvalue weighted by Crippen LogP contribution is 2.50. The van der Waals surface area contributed by atoms with Gasteiger partial charge in [-0.2, -0.15) is 0 Å². The van der Waals surface area contributed by atoms with E-state index in [4.69, 9.17) is 4.98 Å². The number of nitrogens with zero attached hydrogens (tertiary/aromatic N) is 3. The van der Waals surface area contributed by atoms with Crippen LogP contribution in [0, 0.1) is 0 Å². The van der Waals surface area contributed by atoms with Gasteiger partial charge in [-0.15, -0.1) is 0 Å². The Morgan fingerprint density at radius 3 is 2.10 bits per heavy atom. The summed E-state index contributed by atoms with van der Waals surface area (Å²) in [7, 11) is 0. The lowest BCUT2D eigenvalue weighted by atomic mass is 9.82. The molecule has 2 aromatic heterocycles. The maximum absolute atomic E-state index is 5.24. The van der Waals surface area contributed by atoms with Gasteiger partial charge in [-0.05, 0) is 87.6 Å². The quantitative estimate of drug-likeness (QED) is 0.220. The van der Waals surface area contributed by atoms with Crippen molar-refractivity contribution in [1.29, 1.82) is 0 Å². The Labute approximate surface area is 237 Å². The van der Waals surface area contributed by atoms with Crippen LogP contribution in [0.1, 0.15) is 25.0 Å². The molecule has 0 N–H and O–H groups in total. The second-order valence-electron chi connectivity index (χ2n) is 11.7. The Kier molecular flexibility index (Phi) is 4.39. The standard InChI is InChI=1S/C38H27N3/c1-38(2)31-16-8-6-14-27(31)29-20-25-23-36-30(21-24(25)22-32(29)38)28-15-7-10-18-34(28)41(36)37-39-33-17-9-11-19-35(33)40(37)26-12-4-3-5-13-26/h3-23H,1-2H3. The minimum absolute atomic E-state index is 0.0242. The van der Waals surface area contributed by atoms with Crippen LogP contribution in [0.3, 0.4) is 0 Å². The average Bonchev–Trinajstić information content (AvgIpc) is 3.61. The Bertz CT molecular complexity index is 2330. The summed E-state index contributed by atoms with van der Waals surface area (Å²) in [4.78, 5) is 5.24. The van der Waals surface area contributed by atoms with Crippen LogP contribution in [-0.4, -0.2) is 14.1 Å². The van der Waals surface area contributed by atoms with Gasteiger partial charge in [-0.1, -0.05) is 86.6 Å². The topological polar surface area (TPSA) is 22.8 Å². The number of aromatic nitrogens is 3. The predicted octanol–water partition coefficient (Wildman–Crippen LogP) is 9.58. The molecule has 1 aliphatic rings. The van der Waals surface area contributed by atoms with Crippen molar-refractivity contribution in [2.75, 3.05) is 0 Å². The number of hydrogen-bond donors (Lipinski definition) is 0. The number of hydrogen-bond acceptors (Lipinski definition) is 1. The molecule has 3 nitrogen and oxygen atoms in total. The molecule has 3 heteroatoms. The minimum atomic E-state index is -0.0242. The second-order valence-corrected chi connectivity index (χ2v) is 11.7. The number of imidazole rings is 1. The Morgan fingerprint density at radius 1 is 0.512 bits per heavy atom. The molecule has 0 bridgehead atoms. The van der Waals surface area contributed by atoms with Crippen LogP contribution < -0.4 is 0 Å². The first-order valence-corrected chi connectivity index (χ1v) is 14.2. The molecule has 0 radical (unpaired) electrons. The Balaban J connectivity index is 1.41. The number of para-hydroxylation sites is 4. The van der Waals surface area contributed by atoms with Crippen LogP contribution in [-0.2, 0) is 5.41 Å². The van der Waals surface area contributed by atoms with Crippen LogP contribution in [0.15, 0.2) is 127 Å². The van der Waals surface area contributed by atoms with Crippen molar-refractivity contribution in [3.8, 4) is 22.8 Å². The van der Waals surface area contributed by atoms with Crippen LogP contribution in [0.25, 0.3) is 66.4 Å². The first-order chi connectivity index (χ1) is 20.1. The molecule has 0 spiro atoms. The third-order valence-electron chi connectivity index (χ3n) is 9.09. The van der Waals surface area contributed by atoms with E-state index in [2.05, 4.69) is 150 Å². The average molecular weight is 526 g/mol. The van der Waals surface area contributed by atoms with E-state index in [-0.39, 0.29) is 5.41 Å². The molecule has 1 aliphatic carbocycles. The van der Waals surface area contributed by atoms with Gasteiger partial charge in [-0.25, -0.2) is 4.98 Å².